The third-order valence-electron chi connectivity index (χ3n) is 5.39. The Labute approximate surface area is 180 Å². The molecule has 2 aromatic carbocycles. The minimum Gasteiger partial charge on any atom is -0.480 e. The Morgan fingerprint density at radius 3 is 2.23 bits per heavy atom. The third kappa shape index (κ3) is 5.15. The van der Waals surface area contributed by atoms with Crippen molar-refractivity contribution < 1.29 is 24.5 Å². The van der Waals surface area contributed by atoms with Crippen LogP contribution in [0.2, 0.25) is 0 Å². The van der Waals surface area contributed by atoms with E-state index in [1.165, 1.54) is 11.8 Å². The van der Waals surface area contributed by atoms with Crippen LogP contribution in [-0.4, -0.2) is 52.0 Å². The van der Waals surface area contributed by atoms with Gasteiger partial charge in [0.25, 0.3) is 0 Å². The first kappa shape index (κ1) is 22.2. The second kappa shape index (κ2) is 9.53. The van der Waals surface area contributed by atoms with Gasteiger partial charge in [-0.3, -0.25) is 0 Å². The molecular weight excluding hydrogens is 402 g/mol. The van der Waals surface area contributed by atoms with Gasteiger partial charge in [-0.25, -0.2) is 9.59 Å². The number of thioether (sulfide) groups is 1. The highest BCUT2D eigenvalue weighted by Gasteiger charge is 2.30. The van der Waals surface area contributed by atoms with E-state index >= 15 is 0 Å². The molecule has 30 heavy (non-hydrogen) atoms. The fourth-order valence-corrected chi connectivity index (χ4v) is 4.68. The molecule has 0 radical (unpaired) electrons. The summed E-state index contributed by atoms with van der Waals surface area (Å²) in [6.45, 7) is 3.70. The number of rotatable bonds is 9. The lowest BCUT2D eigenvalue weighted by molar-refractivity contribution is -0.138. The smallest absolute Gasteiger partial charge is 0.407 e. The van der Waals surface area contributed by atoms with E-state index in [0.29, 0.717) is 12.2 Å². The Kier molecular flexibility index (Phi) is 7.05. The average Bonchev–Trinajstić information content (AvgIpc) is 3.05. The molecule has 7 heteroatoms. The number of fused-ring (bicyclic) bond motifs is 3. The summed E-state index contributed by atoms with van der Waals surface area (Å²) in [4.78, 5) is 23.8. The maximum atomic E-state index is 12.3. The van der Waals surface area contributed by atoms with Gasteiger partial charge in [0, 0.05) is 17.4 Å². The number of carboxylic acid groups (broad SMARTS) is 1. The summed E-state index contributed by atoms with van der Waals surface area (Å²) >= 11 is 1.29. The normalized spacial score (nSPS) is 15.6. The zero-order valence-electron chi connectivity index (χ0n) is 17.1. The van der Waals surface area contributed by atoms with E-state index in [9.17, 15) is 19.8 Å². The van der Waals surface area contributed by atoms with Gasteiger partial charge >= 0.3 is 12.1 Å². The Balaban J connectivity index is 1.59. The second-order valence-electron chi connectivity index (χ2n) is 7.73. The zero-order valence-corrected chi connectivity index (χ0v) is 17.9. The minimum atomic E-state index is -1.13. The number of hydrogen-bond acceptors (Lipinski definition) is 5. The van der Waals surface area contributed by atoms with Crippen LogP contribution < -0.4 is 5.32 Å². The second-order valence-corrected chi connectivity index (χ2v) is 8.76. The van der Waals surface area contributed by atoms with Gasteiger partial charge in [0.05, 0.1) is 5.60 Å². The largest absolute Gasteiger partial charge is 0.480 e. The summed E-state index contributed by atoms with van der Waals surface area (Å²) in [6.07, 6.45) is -0.190. The quantitative estimate of drug-likeness (QED) is 0.560. The molecule has 2 atom stereocenters. The number of aliphatic hydroxyl groups is 1. The summed E-state index contributed by atoms with van der Waals surface area (Å²) in [5, 5.41) is 21.9. The monoisotopic (exact) mass is 429 g/mol. The van der Waals surface area contributed by atoms with Crippen LogP contribution in [0.5, 0.6) is 0 Å². The summed E-state index contributed by atoms with van der Waals surface area (Å²) in [6, 6.07) is 15.0. The molecule has 0 saturated heterocycles. The van der Waals surface area contributed by atoms with Gasteiger partial charge in [0.15, 0.2) is 0 Å². The highest BCUT2D eigenvalue weighted by molar-refractivity contribution is 7.99. The van der Waals surface area contributed by atoms with Crippen LogP contribution in [0.1, 0.15) is 37.3 Å². The number of nitrogens with one attached hydrogen (secondary N) is 1. The Hall–Kier alpha value is -2.51. The van der Waals surface area contributed by atoms with Gasteiger partial charge in [0.1, 0.15) is 12.6 Å². The van der Waals surface area contributed by atoms with E-state index < -0.39 is 23.7 Å². The van der Waals surface area contributed by atoms with Gasteiger partial charge < -0.3 is 20.3 Å². The summed E-state index contributed by atoms with van der Waals surface area (Å²) in [7, 11) is 0. The molecule has 6 nitrogen and oxygen atoms in total. The van der Waals surface area contributed by atoms with E-state index in [4.69, 9.17) is 4.74 Å². The molecule has 0 spiro atoms. The fraction of sp³-hybridized carbons (Fsp3) is 0.391. The van der Waals surface area contributed by atoms with Gasteiger partial charge in [-0.1, -0.05) is 55.5 Å². The Morgan fingerprint density at radius 2 is 1.70 bits per heavy atom. The topological polar surface area (TPSA) is 95.9 Å². The number of carbonyl (C=O) groups is 2. The molecule has 1 aliphatic carbocycles. The predicted molar refractivity (Wildman–Crippen MR) is 118 cm³/mol. The number of aliphatic carboxylic acids is 1. The van der Waals surface area contributed by atoms with Crippen LogP contribution >= 0.6 is 11.8 Å². The number of amides is 1. The molecule has 160 valence electrons. The molecule has 0 saturated carbocycles. The number of alkyl carbamates (subject to hydrolysis) is 1. The van der Waals surface area contributed by atoms with Crippen LogP contribution in [0.3, 0.4) is 0 Å². The van der Waals surface area contributed by atoms with E-state index in [2.05, 4.69) is 17.4 Å². The van der Waals surface area contributed by atoms with Crippen molar-refractivity contribution in [2.24, 2.45) is 0 Å². The summed E-state index contributed by atoms with van der Waals surface area (Å²) in [5.41, 5.74) is 3.59. The minimum absolute atomic E-state index is 0.0829. The average molecular weight is 430 g/mol. The predicted octanol–water partition coefficient (Wildman–Crippen LogP) is 3.87. The highest BCUT2D eigenvalue weighted by Crippen LogP contribution is 2.44. The number of hydrogen-bond donors (Lipinski definition) is 3. The summed E-state index contributed by atoms with van der Waals surface area (Å²) in [5.74, 6) is -0.678. The van der Waals surface area contributed by atoms with Crippen molar-refractivity contribution in [2.75, 3.05) is 18.1 Å². The molecular formula is C23H27NO5S. The van der Waals surface area contributed by atoms with Crippen molar-refractivity contribution in [3.05, 3.63) is 59.7 Å². The third-order valence-corrected chi connectivity index (χ3v) is 6.79. The zero-order chi connectivity index (χ0) is 21.7. The molecule has 3 N–H and O–H groups in total. The van der Waals surface area contributed by atoms with Crippen molar-refractivity contribution in [1.29, 1.82) is 0 Å². The van der Waals surface area contributed by atoms with Crippen LogP contribution in [0.25, 0.3) is 11.1 Å². The van der Waals surface area contributed by atoms with Gasteiger partial charge in [-0.05, 0) is 35.6 Å². The highest BCUT2D eigenvalue weighted by atomic mass is 32.2. The standard InChI is InChI=1S/C23H27NO5S/c1-3-23(2,28)14-30-13-20(21(25)26)24-22(27)29-12-19-17-10-6-4-8-15(17)16-9-5-7-11-18(16)19/h4-11,19-20,28H,3,12-14H2,1-2H3,(H,24,27)(H,25,26). The molecule has 0 fully saturated rings. The number of carbonyl (C=O) groups excluding carboxylic acids is 1. The first-order chi connectivity index (χ1) is 14.3. The molecule has 0 aliphatic heterocycles. The van der Waals surface area contributed by atoms with E-state index in [-0.39, 0.29) is 18.3 Å². The maximum Gasteiger partial charge on any atom is 0.407 e. The van der Waals surface area contributed by atoms with E-state index in [0.717, 1.165) is 22.3 Å². The van der Waals surface area contributed by atoms with Crippen LogP contribution in [0.15, 0.2) is 48.5 Å². The number of benzene rings is 2. The van der Waals surface area contributed by atoms with Crippen LogP contribution in [0.4, 0.5) is 4.79 Å². The number of carboxylic acids is 1. The van der Waals surface area contributed by atoms with Crippen LogP contribution in [0, 0.1) is 0 Å². The first-order valence-corrected chi connectivity index (χ1v) is 11.1. The Morgan fingerprint density at radius 1 is 1.13 bits per heavy atom. The molecule has 2 aromatic rings. The molecule has 0 aromatic heterocycles. The SMILES string of the molecule is CCC(C)(O)CSCC(NC(=O)OCC1c2ccccc2-c2ccccc21)C(=O)O. The summed E-state index contributed by atoms with van der Waals surface area (Å²) < 4.78 is 5.42. The van der Waals surface area contributed by atoms with Crippen molar-refractivity contribution in [2.45, 2.75) is 37.8 Å². The Bertz CT molecular complexity index is 868. The van der Waals surface area contributed by atoms with Gasteiger partial charge in [0.2, 0.25) is 0 Å². The molecule has 1 aliphatic rings. The molecule has 0 bridgehead atoms. The van der Waals surface area contributed by atoms with Crippen molar-refractivity contribution >= 4 is 23.8 Å². The van der Waals surface area contributed by atoms with Crippen molar-refractivity contribution in [1.82, 2.24) is 5.32 Å². The lowest BCUT2D eigenvalue weighted by Gasteiger charge is -2.22. The molecule has 3 rings (SSSR count). The van der Waals surface area contributed by atoms with E-state index in [1.807, 2.05) is 43.3 Å². The van der Waals surface area contributed by atoms with Crippen molar-refractivity contribution in [3.8, 4) is 11.1 Å². The van der Waals surface area contributed by atoms with Crippen LogP contribution in [-0.2, 0) is 9.53 Å². The lowest BCUT2D eigenvalue weighted by Crippen LogP contribution is -2.43. The maximum absolute atomic E-state index is 12.3. The molecule has 0 heterocycles. The lowest BCUT2D eigenvalue weighted by atomic mass is 9.98. The number of ether oxygens (including phenoxy) is 1. The van der Waals surface area contributed by atoms with E-state index in [1.54, 1.807) is 6.92 Å². The first-order valence-electron chi connectivity index (χ1n) is 9.97. The van der Waals surface area contributed by atoms with Gasteiger partial charge in [-0.2, -0.15) is 11.8 Å². The van der Waals surface area contributed by atoms with Gasteiger partial charge in [-0.15, -0.1) is 0 Å². The molecule has 1 amide bonds. The van der Waals surface area contributed by atoms with Crippen molar-refractivity contribution in [3.63, 3.8) is 0 Å². The fourth-order valence-electron chi connectivity index (χ4n) is 3.46. The molecule has 2 unspecified atom stereocenters.